The SMILES string of the molecule is CC(C)n1nccc1NC(=O)[C@@H](C)OC(=O)c1cncc(Br)c1. The van der Waals surface area contributed by atoms with Crippen LogP contribution < -0.4 is 5.32 Å². The molecule has 0 aliphatic carbocycles. The molecule has 1 atom stereocenters. The highest BCUT2D eigenvalue weighted by atomic mass is 79.9. The minimum Gasteiger partial charge on any atom is -0.449 e. The maximum atomic E-state index is 12.2. The Morgan fingerprint density at radius 3 is 2.70 bits per heavy atom. The second-order valence-corrected chi connectivity index (χ2v) is 6.10. The summed E-state index contributed by atoms with van der Waals surface area (Å²) in [7, 11) is 0. The molecule has 1 N–H and O–H groups in total. The maximum Gasteiger partial charge on any atom is 0.340 e. The molecule has 8 heteroatoms. The molecule has 2 aromatic heterocycles. The van der Waals surface area contributed by atoms with Crippen molar-refractivity contribution < 1.29 is 14.3 Å². The Kier molecular flexibility index (Phi) is 5.49. The second-order valence-electron chi connectivity index (χ2n) is 5.18. The van der Waals surface area contributed by atoms with E-state index in [0.717, 1.165) is 0 Å². The van der Waals surface area contributed by atoms with E-state index in [0.29, 0.717) is 10.3 Å². The van der Waals surface area contributed by atoms with Gasteiger partial charge in [0, 0.05) is 29.0 Å². The van der Waals surface area contributed by atoms with Crippen molar-refractivity contribution in [3.05, 3.63) is 40.8 Å². The molecule has 122 valence electrons. The van der Waals surface area contributed by atoms with Gasteiger partial charge >= 0.3 is 5.97 Å². The van der Waals surface area contributed by atoms with E-state index in [-0.39, 0.29) is 11.6 Å². The quantitative estimate of drug-likeness (QED) is 0.805. The number of hydrogen-bond acceptors (Lipinski definition) is 5. The first kappa shape index (κ1) is 17.1. The number of halogens is 1. The molecule has 0 fully saturated rings. The van der Waals surface area contributed by atoms with E-state index in [1.165, 1.54) is 13.1 Å². The fourth-order valence-corrected chi connectivity index (χ4v) is 2.22. The van der Waals surface area contributed by atoms with Gasteiger partial charge in [-0.15, -0.1) is 0 Å². The fraction of sp³-hybridized carbons (Fsp3) is 0.333. The highest BCUT2D eigenvalue weighted by Crippen LogP contribution is 2.15. The maximum absolute atomic E-state index is 12.2. The molecule has 0 aliphatic heterocycles. The Bertz CT molecular complexity index is 714. The number of anilines is 1. The number of aromatic nitrogens is 3. The average Bonchev–Trinajstić information content (AvgIpc) is 2.95. The molecule has 23 heavy (non-hydrogen) atoms. The number of ether oxygens (including phenoxy) is 1. The molecule has 0 radical (unpaired) electrons. The third kappa shape index (κ3) is 4.38. The van der Waals surface area contributed by atoms with Crippen LogP contribution >= 0.6 is 15.9 Å². The topological polar surface area (TPSA) is 86.1 Å². The van der Waals surface area contributed by atoms with Crippen molar-refractivity contribution >= 4 is 33.6 Å². The van der Waals surface area contributed by atoms with Gasteiger partial charge in [-0.2, -0.15) is 5.10 Å². The number of pyridine rings is 1. The monoisotopic (exact) mass is 380 g/mol. The standard InChI is InChI=1S/C15H17BrN4O3/c1-9(2)20-13(4-5-18-20)19-14(21)10(3)23-15(22)11-6-12(16)8-17-7-11/h4-10H,1-3H3,(H,19,21)/t10-/m1/s1. The molecular weight excluding hydrogens is 364 g/mol. The van der Waals surface area contributed by atoms with E-state index >= 15 is 0 Å². The normalized spacial score (nSPS) is 12.0. The predicted molar refractivity (Wildman–Crippen MR) is 88.1 cm³/mol. The van der Waals surface area contributed by atoms with Crippen molar-refractivity contribution in [3.8, 4) is 0 Å². The summed E-state index contributed by atoms with van der Waals surface area (Å²) in [4.78, 5) is 28.1. The zero-order valence-electron chi connectivity index (χ0n) is 13.0. The van der Waals surface area contributed by atoms with E-state index in [1.807, 2.05) is 13.8 Å². The molecule has 0 spiro atoms. The fourth-order valence-electron chi connectivity index (χ4n) is 1.86. The van der Waals surface area contributed by atoms with Crippen LogP contribution in [0.15, 0.2) is 35.2 Å². The summed E-state index contributed by atoms with van der Waals surface area (Å²) in [5.74, 6) is -0.487. The molecule has 0 saturated carbocycles. The van der Waals surface area contributed by atoms with E-state index < -0.39 is 18.0 Å². The largest absolute Gasteiger partial charge is 0.449 e. The Morgan fingerprint density at radius 2 is 2.04 bits per heavy atom. The van der Waals surface area contributed by atoms with Crippen molar-refractivity contribution in [2.24, 2.45) is 0 Å². The molecule has 0 bridgehead atoms. The Balaban J connectivity index is 2.00. The molecule has 0 aromatic carbocycles. The lowest BCUT2D eigenvalue weighted by Gasteiger charge is -2.15. The highest BCUT2D eigenvalue weighted by Gasteiger charge is 2.20. The van der Waals surface area contributed by atoms with Crippen LogP contribution in [0, 0.1) is 0 Å². The number of nitrogens with zero attached hydrogens (tertiary/aromatic N) is 3. The number of esters is 1. The zero-order valence-corrected chi connectivity index (χ0v) is 14.6. The van der Waals surface area contributed by atoms with Crippen molar-refractivity contribution in [2.45, 2.75) is 32.9 Å². The Hall–Kier alpha value is -2.22. The van der Waals surface area contributed by atoms with Crippen molar-refractivity contribution in [1.82, 2.24) is 14.8 Å². The average molecular weight is 381 g/mol. The first-order valence-electron chi connectivity index (χ1n) is 7.04. The number of amides is 1. The van der Waals surface area contributed by atoms with Crippen LogP contribution in [0.5, 0.6) is 0 Å². The van der Waals surface area contributed by atoms with Gasteiger partial charge in [-0.05, 0) is 42.8 Å². The number of hydrogen-bond donors (Lipinski definition) is 1. The van der Waals surface area contributed by atoms with E-state index in [2.05, 4.69) is 31.3 Å². The summed E-state index contributed by atoms with van der Waals surface area (Å²) in [6.45, 7) is 5.41. The van der Waals surface area contributed by atoms with Crippen molar-refractivity contribution in [2.75, 3.05) is 5.32 Å². The van der Waals surface area contributed by atoms with Crippen LogP contribution in [0.1, 0.15) is 37.2 Å². The minimum atomic E-state index is -0.947. The lowest BCUT2D eigenvalue weighted by molar-refractivity contribution is -0.123. The van der Waals surface area contributed by atoms with Gasteiger partial charge in [0.1, 0.15) is 5.82 Å². The van der Waals surface area contributed by atoms with Gasteiger partial charge in [0.25, 0.3) is 5.91 Å². The van der Waals surface area contributed by atoms with Gasteiger partial charge in [0.15, 0.2) is 6.10 Å². The van der Waals surface area contributed by atoms with Gasteiger partial charge in [0.2, 0.25) is 0 Å². The molecule has 1 amide bonds. The lowest BCUT2D eigenvalue weighted by Crippen LogP contribution is -2.31. The predicted octanol–water partition coefficient (Wildman–Crippen LogP) is 2.81. The molecule has 2 heterocycles. The lowest BCUT2D eigenvalue weighted by atomic mass is 10.3. The van der Waals surface area contributed by atoms with Crippen LogP contribution in [-0.4, -0.2) is 32.7 Å². The third-order valence-electron chi connectivity index (χ3n) is 3.00. The number of carbonyl (C=O) groups excluding carboxylic acids is 2. The molecule has 0 unspecified atom stereocenters. The summed E-state index contributed by atoms with van der Waals surface area (Å²) in [6, 6.07) is 3.37. The summed E-state index contributed by atoms with van der Waals surface area (Å²) >= 11 is 3.23. The van der Waals surface area contributed by atoms with E-state index in [1.54, 1.807) is 29.2 Å². The van der Waals surface area contributed by atoms with Gasteiger partial charge < -0.3 is 10.1 Å². The molecule has 0 saturated heterocycles. The summed E-state index contributed by atoms with van der Waals surface area (Å²) in [6.07, 6.45) is 3.59. The van der Waals surface area contributed by atoms with Crippen LogP contribution in [0.4, 0.5) is 5.82 Å². The number of carbonyl (C=O) groups is 2. The molecule has 0 aliphatic rings. The molecule has 2 aromatic rings. The highest BCUT2D eigenvalue weighted by molar-refractivity contribution is 9.10. The van der Waals surface area contributed by atoms with Crippen LogP contribution in [0.2, 0.25) is 0 Å². The van der Waals surface area contributed by atoms with E-state index in [9.17, 15) is 9.59 Å². The Labute approximate surface area is 142 Å². The minimum absolute atomic E-state index is 0.103. The van der Waals surface area contributed by atoms with Gasteiger partial charge in [-0.3, -0.25) is 9.78 Å². The van der Waals surface area contributed by atoms with Crippen LogP contribution in [0.25, 0.3) is 0 Å². The zero-order chi connectivity index (χ0) is 17.0. The number of nitrogens with one attached hydrogen (secondary N) is 1. The smallest absolute Gasteiger partial charge is 0.340 e. The summed E-state index contributed by atoms with van der Waals surface area (Å²) in [5, 5.41) is 6.83. The summed E-state index contributed by atoms with van der Waals surface area (Å²) in [5.41, 5.74) is 0.270. The van der Waals surface area contributed by atoms with Crippen LogP contribution in [0.3, 0.4) is 0 Å². The molecule has 7 nitrogen and oxygen atoms in total. The molecule has 2 rings (SSSR count). The first-order chi connectivity index (χ1) is 10.9. The molecular formula is C15H17BrN4O3. The number of rotatable bonds is 5. The van der Waals surface area contributed by atoms with E-state index in [4.69, 9.17) is 4.74 Å². The van der Waals surface area contributed by atoms with Gasteiger partial charge in [-0.25, -0.2) is 9.48 Å². The first-order valence-corrected chi connectivity index (χ1v) is 7.83. The third-order valence-corrected chi connectivity index (χ3v) is 3.44. The van der Waals surface area contributed by atoms with Crippen molar-refractivity contribution in [1.29, 1.82) is 0 Å². The summed E-state index contributed by atoms with van der Waals surface area (Å²) < 4.78 is 7.49. The Morgan fingerprint density at radius 1 is 1.30 bits per heavy atom. The van der Waals surface area contributed by atoms with Gasteiger partial charge in [-0.1, -0.05) is 0 Å². The van der Waals surface area contributed by atoms with Crippen molar-refractivity contribution in [3.63, 3.8) is 0 Å². The second kappa shape index (κ2) is 7.36. The van der Waals surface area contributed by atoms with Gasteiger partial charge in [0.05, 0.1) is 11.8 Å². The van der Waals surface area contributed by atoms with Crippen LogP contribution in [-0.2, 0) is 9.53 Å².